The van der Waals surface area contributed by atoms with Crippen molar-refractivity contribution >= 4 is 11.6 Å². The number of nitrogens with one attached hydrogen (secondary N) is 1. The van der Waals surface area contributed by atoms with Gasteiger partial charge in [-0.25, -0.2) is 4.52 Å². The van der Waals surface area contributed by atoms with Crippen LogP contribution in [-0.2, 0) is 0 Å². The molecule has 0 amide bonds. The first-order chi connectivity index (χ1) is 8.72. The van der Waals surface area contributed by atoms with Crippen molar-refractivity contribution < 1.29 is 0 Å². The lowest BCUT2D eigenvalue weighted by molar-refractivity contribution is 0.536. The maximum absolute atomic E-state index is 4.53. The van der Waals surface area contributed by atoms with E-state index in [-0.39, 0.29) is 0 Å². The molecule has 2 unspecified atom stereocenters. The number of aromatic nitrogens is 3. The molecule has 18 heavy (non-hydrogen) atoms. The van der Waals surface area contributed by atoms with Crippen molar-refractivity contribution in [2.24, 2.45) is 11.8 Å². The van der Waals surface area contributed by atoms with E-state index in [9.17, 15) is 0 Å². The van der Waals surface area contributed by atoms with E-state index < -0.39 is 0 Å². The Bertz CT molecular complexity index is 546. The largest absolute Gasteiger partial charge is 0.353 e. The molecular weight excluding hydrogens is 224 g/mol. The highest BCUT2D eigenvalue weighted by atomic mass is 15.3. The monoisotopic (exact) mass is 244 g/mol. The topological polar surface area (TPSA) is 42.2 Å². The van der Waals surface area contributed by atoms with E-state index in [1.165, 1.54) is 19.3 Å². The minimum absolute atomic E-state index is 0.754. The molecule has 1 fully saturated rings. The molecule has 2 aromatic heterocycles. The first kappa shape index (κ1) is 11.5. The number of aryl methyl sites for hydroxylation is 1. The molecule has 2 heterocycles. The van der Waals surface area contributed by atoms with Gasteiger partial charge in [-0.2, -0.15) is 4.98 Å². The van der Waals surface area contributed by atoms with Gasteiger partial charge >= 0.3 is 0 Å². The molecule has 0 radical (unpaired) electrons. The zero-order chi connectivity index (χ0) is 12.5. The Morgan fingerprint density at radius 1 is 1.44 bits per heavy atom. The molecule has 1 N–H and O–H groups in total. The summed E-state index contributed by atoms with van der Waals surface area (Å²) in [6.07, 6.45) is 5.97. The van der Waals surface area contributed by atoms with Gasteiger partial charge in [0, 0.05) is 12.7 Å². The standard InChI is InChI=1S/C14H20N4/c1-10-5-6-12(8-10)9-15-14-16-13-11(2)4-3-7-18(13)17-14/h3-4,7,10,12H,5-6,8-9H2,1-2H3,(H,15,17). The molecule has 1 aliphatic carbocycles. The van der Waals surface area contributed by atoms with Crippen molar-refractivity contribution in [3.05, 3.63) is 23.9 Å². The van der Waals surface area contributed by atoms with Crippen LogP contribution >= 0.6 is 0 Å². The van der Waals surface area contributed by atoms with Crippen LogP contribution in [0.3, 0.4) is 0 Å². The fourth-order valence-electron chi connectivity index (χ4n) is 2.86. The number of rotatable bonds is 3. The molecule has 0 aliphatic heterocycles. The molecule has 0 spiro atoms. The normalized spacial score (nSPS) is 23.7. The first-order valence-corrected chi connectivity index (χ1v) is 6.78. The number of nitrogens with zero attached hydrogens (tertiary/aromatic N) is 3. The van der Waals surface area contributed by atoms with E-state index in [2.05, 4.69) is 35.3 Å². The zero-order valence-electron chi connectivity index (χ0n) is 11.1. The quantitative estimate of drug-likeness (QED) is 0.902. The summed E-state index contributed by atoms with van der Waals surface area (Å²) >= 11 is 0. The average molecular weight is 244 g/mol. The van der Waals surface area contributed by atoms with E-state index in [4.69, 9.17) is 0 Å². The highest BCUT2D eigenvalue weighted by Gasteiger charge is 2.21. The van der Waals surface area contributed by atoms with Crippen molar-refractivity contribution in [2.45, 2.75) is 33.1 Å². The third-order valence-electron chi connectivity index (χ3n) is 3.91. The van der Waals surface area contributed by atoms with Gasteiger partial charge < -0.3 is 5.32 Å². The molecule has 4 heteroatoms. The molecule has 0 aromatic carbocycles. The van der Waals surface area contributed by atoms with E-state index in [0.29, 0.717) is 0 Å². The minimum Gasteiger partial charge on any atom is -0.353 e. The van der Waals surface area contributed by atoms with Crippen LogP contribution in [0.15, 0.2) is 18.3 Å². The van der Waals surface area contributed by atoms with Crippen molar-refractivity contribution in [1.29, 1.82) is 0 Å². The van der Waals surface area contributed by atoms with Crippen molar-refractivity contribution in [2.75, 3.05) is 11.9 Å². The number of hydrogen-bond donors (Lipinski definition) is 1. The second-order valence-corrected chi connectivity index (χ2v) is 5.56. The second-order valence-electron chi connectivity index (χ2n) is 5.56. The van der Waals surface area contributed by atoms with Gasteiger partial charge in [-0.15, -0.1) is 5.10 Å². The summed E-state index contributed by atoms with van der Waals surface area (Å²) in [4.78, 5) is 4.53. The van der Waals surface area contributed by atoms with Crippen LogP contribution in [0.5, 0.6) is 0 Å². The van der Waals surface area contributed by atoms with Gasteiger partial charge in [0.1, 0.15) is 0 Å². The smallest absolute Gasteiger partial charge is 0.243 e. The molecule has 96 valence electrons. The fraction of sp³-hybridized carbons (Fsp3) is 0.571. The van der Waals surface area contributed by atoms with Crippen LogP contribution in [-0.4, -0.2) is 21.1 Å². The fourth-order valence-corrected chi connectivity index (χ4v) is 2.86. The molecule has 2 atom stereocenters. The molecule has 3 rings (SSSR count). The van der Waals surface area contributed by atoms with Crippen molar-refractivity contribution in [3.8, 4) is 0 Å². The van der Waals surface area contributed by atoms with E-state index >= 15 is 0 Å². The summed E-state index contributed by atoms with van der Waals surface area (Å²) in [5.41, 5.74) is 2.10. The maximum Gasteiger partial charge on any atom is 0.243 e. The SMILES string of the molecule is Cc1cccn2nc(NCC3CCC(C)C3)nc12. The van der Waals surface area contributed by atoms with Gasteiger partial charge in [0.05, 0.1) is 0 Å². The number of hydrogen-bond acceptors (Lipinski definition) is 3. The van der Waals surface area contributed by atoms with Gasteiger partial charge in [0.15, 0.2) is 5.65 Å². The summed E-state index contributed by atoms with van der Waals surface area (Å²) in [6.45, 7) is 5.40. The zero-order valence-corrected chi connectivity index (χ0v) is 11.1. The molecule has 1 aliphatic rings. The second kappa shape index (κ2) is 4.59. The van der Waals surface area contributed by atoms with Gasteiger partial charge in [-0.1, -0.05) is 19.4 Å². The lowest BCUT2D eigenvalue weighted by Crippen LogP contribution is -2.12. The molecular formula is C14H20N4. The molecule has 0 bridgehead atoms. The molecule has 2 aromatic rings. The lowest BCUT2D eigenvalue weighted by atomic mass is 10.1. The van der Waals surface area contributed by atoms with E-state index in [1.54, 1.807) is 0 Å². The summed E-state index contributed by atoms with van der Waals surface area (Å²) < 4.78 is 1.84. The Hall–Kier alpha value is -1.58. The van der Waals surface area contributed by atoms with Crippen LogP contribution in [0.4, 0.5) is 5.95 Å². The van der Waals surface area contributed by atoms with Gasteiger partial charge in [-0.3, -0.25) is 0 Å². The predicted molar refractivity (Wildman–Crippen MR) is 72.7 cm³/mol. The highest BCUT2D eigenvalue weighted by Crippen LogP contribution is 2.30. The summed E-state index contributed by atoms with van der Waals surface area (Å²) in [5, 5.41) is 7.83. The van der Waals surface area contributed by atoms with Crippen LogP contribution in [0.1, 0.15) is 31.7 Å². The van der Waals surface area contributed by atoms with Crippen LogP contribution < -0.4 is 5.32 Å². The van der Waals surface area contributed by atoms with Crippen molar-refractivity contribution in [1.82, 2.24) is 14.6 Å². The summed E-state index contributed by atoms with van der Waals surface area (Å²) in [5.74, 6) is 2.42. The van der Waals surface area contributed by atoms with Crippen molar-refractivity contribution in [3.63, 3.8) is 0 Å². The number of pyridine rings is 1. The number of fused-ring (bicyclic) bond motifs is 1. The van der Waals surface area contributed by atoms with E-state index in [0.717, 1.165) is 35.5 Å². The number of anilines is 1. The Morgan fingerprint density at radius 2 is 2.33 bits per heavy atom. The molecule has 1 saturated carbocycles. The van der Waals surface area contributed by atoms with Gasteiger partial charge in [0.2, 0.25) is 5.95 Å². The van der Waals surface area contributed by atoms with Crippen LogP contribution in [0, 0.1) is 18.8 Å². The first-order valence-electron chi connectivity index (χ1n) is 6.78. The predicted octanol–water partition coefficient (Wildman–Crippen LogP) is 2.89. The highest BCUT2D eigenvalue weighted by molar-refractivity contribution is 5.49. The van der Waals surface area contributed by atoms with Gasteiger partial charge in [0.25, 0.3) is 0 Å². The minimum atomic E-state index is 0.754. The van der Waals surface area contributed by atoms with E-state index in [1.807, 2.05) is 16.8 Å². The Morgan fingerprint density at radius 3 is 3.06 bits per heavy atom. The Labute approximate surface area is 107 Å². The average Bonchev–Trinajstić information content (AvgIpc) is 2.93. The maximum atomic E-state index is 4.53. The Kier molecular flexibility index (Phi) is 2.94. The lowest BCUT2D eigenvalue weighted by Gasteiger charge is -2.08. The third kappa shape index (κ3) is 2.19. The van der Waals surface area contributed by atoms with Crippen LogP contribution in [0.2, 0.25) is 0 Å². The molecule has 4 nitrogen and oxygen atoms in total. The van der Waals surface area contributed by atoms with Gasteiger partial charge in [-0.05, 0) is 43.2 Å². The Balaban J connectivity index is 1.69. The van der Waals surface area contributed by atoms with Crippen LogP contribution in [0.25, 0.3) is 5.65 Å². The third-order valence-corrected chi connectivity index (χ3v) is 3.91. The summed E-state index contributed by atoms with van der Waals surface area (Å²) in [7, 11) is 0. The summed E-state index contributed by atoms with van der Waals surface area (Å²) in [6, 6.07) is 4.06. The molecule has 0 saturated heterocycles.